The molecule has 2 heterocycles. The highest BCUT2D eigenvalue weighted by atomic mass is 32.1. The molecule has 1 aromatic carbocycles. The van der Waals surface area contributed by atoms with Crippen LogP contribution in [0, 0.1) is 0 Å². The third-order valence-corrected chi connectivity index (χ3v) is 3.98. The molecule has 20 heavy (non-hydrogen) atoms. The number of nitrogens with two attached hydrogens (primary N) is 1. The van der Waals surface area contributed by atoms with Crippen molar-refractivity contribution in [2.24, 2.45) is 5.73 Å². The normalized spacial score (nSPS) is 10.7. The van der Waals surface area contributed by atoms with Crippen molar-refractivity contribution in [3.05, 3.63) is 41.5 Å². The summed E-state index contributed by atoms with van der Waals surface area (Å²) in [6.45, 7) is 0. The maximum Gasteiger partial charge on any atom is 0.277 e. The Kier molecular flexibility index (Phi) is 3.08. The van der Waals surface area contributed by atoms with Gasteiger partial charge in [0.15, 0.2) is 5.01 Å². The van der Waals surface area contributed by atoms with E-state index in [1.165, 1.54) is 11.3 Å². The molecule has 0 radical (unpaired) electrons. The maximum atomic E-state index is 11.3. The Balaban J connectivity index is 2.31. The molecule has 3 rings (SSSR count). The highest BCUT2D eigenvalue weighted by Gasteiger charge is 2.16. The van der Waals surface area contributed by atoms with Crippen LogP contribution in [0.2, 0.25) is 0 Å². The fraction of sp³-hybridized carbons (Fsp3) is 0.0714. The lowest BCUT2D eigenvalue weighted by Gasteiger charge is -2.05. The number of primary amides is 1. The minimum Gasteiger partial charge on any atom is -0.494 e. The lowest BCUT2D eigenvalue weighted by atomic mass is 10.1. The van der Waals surface area contributed by atoms with E-state index < -0.39 is 5.91 Å². The van der Waals surface area contributed by atoms with E-state index >= 15 is 0 Å². The van der Waals surface area contributed by atoms with Gasteiger partial charge in [0.05, 0.1) is 17.5 Å². The zero-order valence-electron chi connectivity index (χ0n) is 10.7. The first-order valence-electron chi connectivity index (χ1n) is 5.89. The summed E-state index contributed by atoms with van der Waals surface area (Å²) in [6, 6.07) is 9.40. The molecular formula is C14H11N3O2S. The molecule has 2 N–H and O–H groups in total. The second kappa shape index (κ2) is 4.90. The molecule has 2 aromatic heterocycles. The first-order chi connectivity index (χ1) is 9.70. The van der Waals surface area contributed by atoms with Crippen LogP contribution in [0.3, 0.4) is 0 Å². The number of aromatic nitrogens is 2. The molecule has 1 amide bonds. The van der Waals surface area contributed by atoms with Gasteiger partial charge in [0.25, 0.3) is 5.91 Å². The van der Waals surface area contributed by atoms with Gasteiger partial charge in [0.1, 0.15) is 11.3 Å². The number of methoxy groups -OCH3 is 1. The summed E-state index contributed by atoms with van der Waals surface area (Å²) in [5, 5.41) is 0.265. The molecule has 6 heteroatoms. The summed E-state index contributed by atoms with van der Waals surface area (Å²) >= 11 is 1.25. The first kappa shape index (κ1) is 12.6. The minimum atomic E-state index is -0.541. The van der Waals surface area contributed by atoms with Crippen molar-refractivity contribution in [1.82, 2.24) is 9.97 Å². The number of pyridine rings is 1. The van der Waals surface area contributed by atoms with Crippen molar-refractivity contribution >= 4 is 27.5 Å². The lowest BCUT2D eigenvalue weighted by Crippen LogP contribution is -2.09. The second-order valence-electron chi connectivity index (χ2n) is 4.09. The number of benzene rings is 1. The second-order valence-corrected chi connectivity index (χ2v) is 5.09. The molecule has 0 unspecified atom stereocenters. The summed E-state index contributed by atoms with van der Waals surface area (Å²) in [5.74, 6) is 0.0728. The number of hydrogen-bond donors (Lipinski definition) is 1. The lowest BCUT2D eigenvalue weighted by molar-refractivity contribution is 0.1000. The Hall–Kier alpha value is -2.47. The van der Waals surface area contributed by atoms with Crippen LogP contribution in [0.5, 0.6) is 5.75 Å². The summed E-state index contributed by atoms with van der Waals surface area (Å²) in [7, 11) is 1.57. The molecule has 0 spiro atoms. The number of carbonyl (C=O) groups excluding carboxylic acids is 1. The zero-order chi connectivity index (χ0) is 14.1. The Morgan fingerprint density at radius 3 is 2.80 bits per heavy atom. The van der Waals surface area contributed by atoms with Gasteiger partial charge >= 0.3 is 0 Å². The van der Waals surface area contributed by atoms with E-state index in [2.05, 4.69) is 9.97 Å². The van der Waals surface area contributed by atoms with Gasteiger partial charge in [-0.05, 0) is 24.3 Å². The molecule has 0 bridgehead atoms. The van der Waals surface area contributed by atoms with Crippen LogP contribution in [0.4, 0.5) is 0 Å². The number of fused-ring (bicyclic) bond motifs is 1. The average molecular weight is 285 g/mol. The van der Waals surface area contributed by atoms with E-state index in [-0.39, 0.29) is 5.01 Å². The number of ether oxygens (including phenoxy) is 1. The van der Waals surface area contributed by atoms with Gasteiger partial charge in [-0.15, -0.1) is 11.3 Å². The Morgan fingerprint density at radius 2 is 2.15 bits per heavy atom. The SMILES string of the molecule is COc1ccc(-c2ccccn2)c2sc(C(N)=O)nc12. The molecule has 3 aromatic rings. The number of thiazole rings is 1. The predicted octanol–water partition coefficient (Wildman–Crippen LogP) is 2.47. The van der Waals surface area contributed by atoms with Gasteiger partial charge < -0.3 is 10.5 Å². The number of nitrogens with zero attached hydrogens (tertiary/aromatic N) is 2. The van der Waals surface area contributed by atoms with Crippen molar-refractivity contribution in [3.8, 4) is 17.0 Å². The number of amides is 1. The molecule has 0 saturated heterocycles. The summed E-state index contributed by atoms with van der Waals surface area (Å²) < 4.78 is 6.13. The van der Waals surface area contributed by atoms with Crippen LogP contribution in [-0.2, 0) is 0 Å². The molecule has 0 aliphatic heterocycles. The Labute approximate surface area is 119 Å². The van der Waals surface area contributed by atoms with Gasteiger partial charge in [-0.3, -0.25) is 9.78 Å². The van der Waals surface area contributed by atoms with E-state index in [9.17, 15) is 4.79 Å². The van der Waals surface area contributed by atoms with E-state index in [1.54, 1.807) is 13.3 Å². The van der Waals surface area contributed by atoms with Crippen molar-refractivity contribution in [1.29, 1.82) is 0 Å². The van der Waals surface area contributed by atoms with Crippen LogP contribution >= 0.6 is 11.3 Å². The minimum absolute atomic E-state index is 0.265. The third kappa shape index (κ3) is 2.00. The number of carbonyl (C=O) groups is 1. The van der Waals surface area contributed by atoms with Gasteiger partial charge in [0.2, 0.25) is 0 Å². The number of rotatable bonds is 3. The van der Waals surface area contributed by atoms with E-state index in [1.807, 2.05) is 30.3 Å². The average Bonchev–Trinajstić information content (AvgIpc) is 2.92. The van der Waals surface area contributed by atoms with Crippen LogP contribution in [0.25, 0.3) is 21.5 Å². The van der Waals surface area contributed by atoms with Crippen LogP contribution in [-0.4, -0.2) is 23.0 Å². The fourth-order valence-electron chi connectivity index (χ4n) is 1.98. The largest absolute Gasteiger partial charge is 0.494 e. The van der Waals surface area contributed by atoms with Crippen LogP contribution in [0.1, 0.15) is 9.80 Å². The topological polar surface area (TPSA) is 78.1 Å². The smallest absolute Gasteiger partial charge is 0.277 e. The monoisotopic (exact) mass is 285 g/mol. The molecular weight excluding hydrogens is 274 g/mol. The van der Waals surface area contributed by atoms with Crippen molar-refractivity contribution in [2.45, 2.75) is 0 Å². The predicted molar refractivity (Wildman–Crippen MR) is 77.9 cm³/mol. The molecule has 0 fully saturated rings. The fourth-order valence-corrected chi connectivity index (χ4v) is 2.93. The molecule has 0 saturated carbocycles. The number of hydrogen-bond acceptors (Lipinski definition) is 5. The van der Waals surface area contributed by atoms with Gasteiger partial charge in [-0.2, -0.15) is 0 Å². The van der Waals surface area contributed by atoms with Crippen LogP contribution in [0.15, 0.2) is 36.5 Å². The Bertz CT molecular complexity index is 784. The molecule has 100 valence electrons. The van der Waals surface area contributed by atoms with Crippen molar-refractivity contribution in [2.75, 3.05) is 7.11 Å². The van der Waals surface area contributed by atoms with Crippen molar-refractivity contribution < 1.29 is 9.53 Å². The van der Waals surface area contributed by atoms with E-state index in [0.717, 1.165) is 16.0 Å². The van der Waals surface area contributed by atoms with E-state index in [4.69, 9.17) is 10.5 Å². The van der Waals surface area contributed by atoms with Gasteiger partial charge in [-0.25, -0.2) is 4.98 Å². The molecule has 0 aliphatic rings. The highest BCUT2D eigenvalue weighted by Crippen LogP contribution is 2.37. The quantitative estimate of drug-likeness (QED) is 0.801. The van der Waals surface area contributed by atoms with E-state index in [0.29, 0.717) is 11.3 Å². The summed E-state index contributed by atoms with van der Waals surface area (Å²) in [6.07, 6.45) is 1.72. The van der Waals surface area contributed by atoms with Gasteiger partial charge in [0, 0.05) is 11.8 Å². The van der Waals surface area contributed by atoms with Crippen LogP contribution < -0.4 is 10.5 Å². The summed E-state index contributed by atoms with van der Waals surface area (Å²) in [4.78, 5) is 19.9. The third-order valence-electron chi connectivity index (χ3n) is 2.88. The highest BCUT2D eigenvalue weighted by molar-refractivity contribution is 7.20. The van der Waals surface area contributed by atoms with Crippen molar-refractivity contribution in [3.63, 3.8) is 0 Å². The van der Waals surface area contributed by atoms with Gasteiger partial charge in [-0.1, -0.05) is 6.07 Å². The molecule has 5 nitrogen and oxygen atoms in total. The zero-order valence-corrected chi connectivity index (χ0v) is 11.5. The Morgan fingerprint density at radius 1 is 1.30 bits per heavy atom. The standard InChI is InChI=1S/C14H11N3O2S/c1-19-10-6-5-8(9-4-2-3-7-16-9)12-11(10)17-14(20-12)13(15)18/h2-7H,1H3,(H2,15,18). The summed E-state index contributed by atoms with van der Waals surface area (Å²) in [5.41, 5.74) is 7.67. The first-order valence-corrected chi connectivity index (χ1v) is 6.71. The molecule has 0 atom stereocenters. The maximum absolute atomic E-state index is 11.3. The molecule has 0 aliphatic carbocycles.